The third-order valence-electron chi connectivity index (χ3n) is 5.99. The van der Waals surface area contributed by atoms with Gasteiger partial charge in [0.2, 0.25) is 0 Å². The van der Waals surface area contributed by atoms with Crippen LogP contribution < -0.4 is 4.74 Å². The number of hydrogen-bond acceptors (Lipinski definition) is 5. The first-order valence-corrected chi connectivity index (χ1v) is 10.5. The van der Waals surface area contributed by atoms with E-state index in [1.54, 1.807) is 13.2 Å². The molecule has 7 heteroatoms. The molecule has 0 N–H and O–H groups in total. The van der Waals surface area contributed by atoms with Gasteiger partial charge in [-0.25, -0.2) is 4.98 Å². The van der Waals surface area contributed by atoms with Gasteiger partial charge in [-0.1, -0.05) is 17.3 Å². The van der Waals surface area contributed by atoms with Gasteiger partial charge in [0.1, 0.15) is 5.75 Å². The number of methoxy groups -OCH3 is 1. The Morgan fingerprint density at radius 2 is 1.90 bits per heavy atom. The number of likely N-dealkylation sites (tertiary alicyclic amines) is 1. The quantitative estimate of drug-likeness (QED) is 0.486. The molecule has 0 saturated carbocycles. The van der Waals surface area contributed by atoms with Crippen LogP contribution in [0.4, 0.5) is 0 Å². The van der Waals surface area contributed by atoms with Crippen LogP contribution in [0.2, 0.25) is 0 Å². The molecule has 0 aliphatic carbocycles. The van der Waals surface area contributed by atoms with E-state index in [1.807, 2.05) is 53.7 Å². The number of carbonyl (C=O) groups excluding carboxylic acids is 1. The fourth-order valence-electron chi connectivity index (χ4n) is 4.18. The predicted molar refractivity (Wildman–Crippen MR) is 117 cm³/mol. The molecule has 0 bridgehead atoms. The molecule has 1 saturated heterocycles. The molecule has 1 aliphatic rings. The van der Waals surface area contributed by atoms with Crippen LogP contribution in [0.25, 0.3) is 22.4 Å². The Kier molecular flexibility index (Phi) is 5.16. The van der Waals surface area contributed by atoms with Crippen molar-refractivity contribution in [3.05, 3.63) is 66.6 Å². The Hall–Kier alpha value is -3.61. The van der Waals surface area contributed by atoms with Crippen molar-refractivity contribution in [1.29, 1.82) is 0 Å². The zero-order valence-electron chi connectivity index (χ0n) is 17.4. The molecule has 3 heterocycles. The van der Waals surface area contributed by atoms with E-state index in [1.165, 1.54) is 0 Å². The third kappa shape index (κ3) is 3.91. The Bertz CT molecular complexity index is 1190. The second kappa shape index (κ2) is 8.26. The van der Waals surface area contributed by atoms with Gasteiger partial charge in [-0.2, -0.15) is 0 Å². The Labute approximate surface area is 180 Å². The van der Waals surface area contributed by atoms with Crippen LogP contribution in [0, 0.1) is 5.92 Å². The van der Waals surface area contributed by atoms with Crippen molar-refractivity contribution in [3.8, 4) is 17.1 Å². The maximum Gasteiger partial charge on any atom is 0.276 e. The highest BCUT2D eigenvalue weighted by Gasteiger charge is 2.26. The molecule has 0 atom stereocenters. The summed E-state index contributed by atoms with van der Waals surface area (Å²) in [5, 5.41) is 4.01. The molecule has 1 amide bonds. The van der Waals surface area contributed by atoms with Gasteiger partial charge in [0.25, 0.3) is 5.91 Å². The smallest absolute Gasteiger partial charge is 0.276 e. The lowest BCUT2D eigenvalue weighted by atomic mass is 9.96. The van der Waals surface area contributed by atoms with Crippen LogP contribution in [0.3, 0.4) is 0 Å². The summed E-state index contributed by atoms with van der Waals surface area (Å²) in [5.41, 5.74) is 3.40. The van der Waals surface area contributed by atoms with Crippen LogP contribution in [0.15, 0.2) is 65.4 Å². The maximum atomic E-state index is 12.9. The third-order valence-corrected chi connectivity index (χ3v) is 5.99. The molecule has 4 aromatic rings. The van der Waals surface area contributed by atoms with Gasteiger partial charge >= 0.3 is 0 Å². The molecular formula is C24H24N4O3. The Balaban J connectivity index is 1.20. The molecule has 0 unspecified atom stereocenters. The molecule has 0 radical (unpaired) electrons. The average Bonchev–Trinajstić information content (AvgIpc) is 3.47. The standard InChI is InChI=1S/C24H24N4O3/c1-30-19-8-6-18(7-9-19)23-14-21(26-31-23)24(29)27-12-10-17(11-13-27)15-28-16-25-20-4-2-3-5-22(20)28/h2-9,14,16-17H,10-13,15H2,1H3. The second-order valence-electron chi connectivity index (χ2n) is 7.93. The zero-order chi connectivity index (χ0) is 21.2. The summed E-state index contributed by atoms with van der Waals surface area (Å²) >= 11 is 0. The van der Waals surface area contributed by atoms with Crippen molar-refractivity contribution in [2.45, 2.75) is 19.4 Å². The summed E-state index contributed by atoms with van der Waals surface area (Å²) in [6.45, 7) is 2.37. The lowest BCUT2D eigenvalue weighted by molar-refractivity contribution is 0.0673. The first-order chi connectivity index (χ1) is 15.2. The first kappa shape index (κ1) is 19.4. The first-order valence-electron chi connectivity index (χ1n) is 10.5. The van der Waals surface area contributed by atoms with E-state index >= 15 is 0 Å². The summed E-state index contributed by atoms with van der Waals surface area (Å²) in [4.78, 5) is 19.3. The maximum absolute atomic E-state index is 12.9. The second-order valence-corrected chi connectivity index (χ2v) is 7.93. The number of imidazole rings is 1. The van der Waals surface area contributed by atoms with Crippen molar-refractivity contribution in [2.24, 2.45) is 5.92 Å². The number of amides is 1. The molecule has 0 spiro atoms. The Morgan fingerprint density at radius 3 is 2.68 bits per heavy atom. The lowest BCUT2D eigenvalue weighted by Gasteiger charge is -2.31. The molecule has 1 aliphatic heterocycles. The van der Waals surface area contributed by atoms with E-state index in [0.717, 1.165) is 54.8 Å². The molecule has 7 nitrogen and oxygen atoms in total. The number of para-hydroxylation sites is 2. The molecular weight excluding hydrogens is 392 g/mol. The number of ether oxygens (including phenoxy) is 1. The molecule has 2 aromatic carbocycles. The van der Waals surface area contributed by atoms with Crippen LogP contribution >= 0.6 is 0 Å². The summed E-state index contributed by atoms with van der Waals surface area (Å²) in [6.07, 6.45) is 3.83. The average molecular weight is 416 g/mol. The number of aromatic nitrogens is 3. The van der Waals surface area contributed by atoms with E-state index in [9.17, 15) is 4.79 Å². The van der Waals surface area contributed by atoms with Gasteiger partial charge in [0, 0.05) is 31.3 Å². The number of hydrogen-bond donors (Lipinski definition) is 0. The molecule has 1 fully saturated rings. The van der Waals surface area contributed by atoms with Crippen molar-refractivity contribution in [2.75, 3.05) is 20.2 Å². The van der Waals surface area contributed by atoms with Gasteiger partial charge in [-0.15, -0.1) is 0 Å². The van der Waals surface area contributed by atoms with Crippen LogP contribution in [-0.4, -0.2) is 45.7 Å². The van der Waals surface area contributed by atoms with Gasteiger partial charge in [-0.05, 0) is 55.2 Å². The summed E-state index contributed by atoms with van der Waals surface area (Å²) < 4.78 is 12.8. The fraction of sp³-hybridized carbons (Fsp3) is 0.292. The molecule has 5 rings (SSSR count). The summed E-state index contributed by atoms with van der Waals surface area (Å²) in [7, 11) is 1.63. The van der Waals surface area contributed by atoms with E-state index in [2.05, 4.69) is 20.8 Å². The van der Waals surface area contributed by atoms with E-state index in [4.69, 9.17) is 9.26 Å². The van der Waals surface area contributed by atoms with Crippen molar-refractivity contribution < 1.29 is 14.1 Å². The SMILES string of the molecule is COc1ccc(-c2cc(C(=O)N3CCC(Cn4cnc5ccccc54)CC3)no2)cc1. The van der Waals surface area contributed by atoms with Gasteiger partial charge in [0.05, 0.1) is 24.5 Å². The number of carbonyl (C=O) groups is 1. The van der Waals surface area contributed by atoms with E-state index < -0.39 is 0 Å². The highest BCUT2D eigenvalue weighted by Crippen LogP contribution is 2.26. The Morgan fingerprint density at radius 1 is 1.13 bits per heavy atom. The minimum Gasteiger partial charge on any atom is -0.497 e. The van der Waals surface area contributed by atoms with Crippen molar-refractivity contribution >= 4 is 16.9 Å². The minimum atomic E-state index is -0.0740. The van der Waals surface area contributed by atoms with Crippen molar-refractivity contribution in [1.82, 2.24) is 19.6 Å². The van der Waals surface area contributed by atoms with Gasteiger partial charge in [-0.3, -0.25) is 4.79 Å². The number of fused-ring (bicyclic) bond motifs is 1. The monoisotopic (exact) mass is 416 g/mol. The summed E-state index contributed by atoms with van der Waals surface area (Å²) in [6, 6.07) is 17.4. The highest BCUT2D eigenvalue weighted by atomic mass is 16.5. The molecule has 2 aromatic heterocycles. The predicted octanol–water partition coefficient (Wildman–Crippen LogP) is 4.25. The van der Waals surface area contributed by atoms with Crippen molar-refractivity contribution in [3.63, 3.8) is 0 Å². The van der Waals surface area contributed by atoms with Crippen LogP contribution in [-0.2, 0) is 6.54 Å². The number of benzene rings is 2. The highest BCUT2D eigenvalue weighted by molar-refractivity contribution is 5.93. The van der Waals surface area contributed by atoms with Crippen LogP contribution in [0.5, 0.6) is 5.75 Å². The fourth-order valence-corrected chi connectivity index (χ4v) is 4.18. The van der Waals surface area contributed by atoms with Crippen LogP contribution in [0.1, 0.15) is 23.3 Å². The topological polar surface area (TPSA) is 73.4 Å². The van der Waals surface area contributed by atoms with E-state index in [-0.39, 0.29) is 5.91 Å². The largest absolute Gasteiger partial charge is 0.497 e. The molecule has 31 heavy (non-hydrogen) atoms. The number of rotatable bonds is 5. The van der Waals surface area contributed by atoms with E-state index in [0.29, 0.717) is 17.4 Å². The number of nitrogens with zero attached hydrogens (tertiary/aromatic N) is 4. The summed E-state index contributed by atoms with van der Waals surface area (Å²) in [5.74, 6) is 1.79. The zero-order valence-corrected chi connectivity index (χ0v) is 17.4. The lowest BCUT2D eigenvalue weighted by Crippen LogP contribution is -2.39. The molecule has 158 valence electrons. The van der Waals surface area contributed by atoms with Gasteiger partial charge < -0.3 is 18.7 Å². The minimum absolute atomic E-state index is 0.0740. The van der Waals surface area contributed by atoms with Gasteiger partial charge in [0.15, 0.2) is 11.5 Å². The number of piperidine rings is 1. The normalized spacial score (nSPS) is 14.8.